The summed E-state index contributed by atoms with van der Waals surface area (Å²) in [4.78, 5) is 24.8. The van der Waals surface area contributed by atoms with Crippen LogP contribution in [0.25, 0.3) is 0 Å². The zero-order valence-electron chi connectivity index (χ0n) is 16.5. The van der Waals surface area contributed by atoms with E-state index in [9.17, 15) is 18.0 Å². The highest BCUT2D eigenvalue weighted by Gasteiger charge is 2.16. The van der Waals surface area contributed by atoms with Gasteiger partial charge in [-0.1, -0.05) is 49.4 Å². The van der Waals surface area contributed by atoms with Gasteiger partial charge in [0, 0.05) is 11.1 Å². The average Bonchev–Trinajstić information content (AvgIpc) is 2.77. The first-order valence-corrected chi connectivity index (χ1v) is 11.1. The van der Waals surface area contributed by atoms with E-state index in [2.05, 4.69) is 10.9 Å². The van der Waals surface area contributed by atoms with Crippen LogP contribution in [0.15, 0.2) is 83.8 Å². The van der Waals surface area contributed by atoms with Crippen molar-refractivity contribution in [1.29, 1.82) is 0 Å². The molecule has 0 aliphatic carbocycles. The van der Waals surface area contributed by atoms with Gasteiger partial charge in [-0.3, -0.25) is 20.4 Å². The van der Waals surface area contributed by atoms with Gasteiger partial charge in [0.2, 0.25) is 0 Å². The summed E-state index contributed by atoms with van der Waals surface area (Å²) in [6.07, 6.45) is 0.870. The SMILES string of the molecule is CCc1ccc(C(=O)NNC(=O)c2cccc(CS(=O)(=O)c3ccccc3)c2)cc1. The molecule has 3 aromatic carbocycles. The van der Waals surface area contributed by atoms with Gasteiger partial charge in [-0.25, -0.2) is 8.42 Å². The number of nitrogens with one attached hydrogen (secondary N) is 2. The topological polar surface area (TPSA) is 92.3 Å². The predicted octanol–water partition coefficient (Wildman–Crippen LogP) is 3.30. The Kier molecular flexibility index (Phi) is 6.64. The highest BCUT2D eigenvalue weighted by Crippen LogP contribution is 2.17. The first kappa shape index (κ1) is 21.3. The van der Waals surface area contributed by atoms with Gasteiger partial charge in [0.15, 0.2) is 9.84 Å². The summed E-state index contributed by atoms with van der Waals surface area (Å²) in [6, 6.07) is 21.5. The number of sulfone groups is 1. The summed E-state index contributed by atoms with van der Waals surface area (Å²) in [7, 11) is -3.52. The zero-order chi connectivity index (χ0) is 21.6. The minimum atomic E-state index is -3.52. The molecule has 0 atom stereocenters. The van der Waals surface area contributed by atoms with Crippen molar-refractivity contribution < 1.29 is 18.0 Å². The van der Waals surface area contributed by atoms with Crippen LogP contribution < -0.4 is 10.9 Å². The molecule has 0 unspecified atom stereocenters. The highest BCUT2D eigenvalue weighted by molar-refractivity contribution is 7.90. The number of hydrogen-bond acceptors (Lipinski definition) is 4. The lowest BCUT2D eigenvalue weighted by Crippen LogP contribution is -2.41. The van der Waals surface area contributed by atoms with Gasteiger partial charge in [-0.2, -0.15) is 0 Å². The Bertz CT molecular complexity index is 1140. The normalized spacial score (nSPS) is 11.0. The molecule has 0 saturated carbocycles. The number of carbonyl (C=O) groups is 2. The van der Waals surface area contributed by atoms with Gasteiger partial charge >= 0.3 is 0 Å². The molecule has 154 valence electrons. The standard InChI is InChI=1S/C23H22N2O4S/c1-2-17-11-13-19(14-12-17)22(26)24-25-23(27)20-8-6-7-18(15-20)16-30(28,29)21-9-4-3-5-10-21/h3-15H,2,16H2,1H3,(H,24,26)(H,25,27). The first-order valence-electron chi connectivity index (χ1n) is 9.45. The molecule has 3 rings (SSSR count). The molecule has 30 heavy (non-hydrogen) atoms. The number of aryl methyl sites for hydroxylation is 1. The van der Waals surface area contributed by atoms with E-state index in [0.717, 1.165) is 12.0 Å². The lowest BCUT2D eigenvalue weighted by Gasteiger charge is -2.09. The molecule has 0 fully saturated rings. The molecule has 0 heterocycles. The summed E-state index contributed by atoms with van der Waals surface area (Å²) >= 11 is 0. The molecular formula is C23H22N2O4S. The summed E-state index contributed by atoms with van der Waals surface area (Å²) in [5, 5.41) is 0. The number of carbonyl (C=O) groups excluding carboxylic acids is 2. The number of hydrazine groups is 1. The van der Waals surface area contributed by atoms with Crippen molar-refractivity contribution in [3.8, 4) is 0 Å². The van der Waals surface area contributed by atoms with Gasteiger partial charge < -0.3 is 0 Å². The molecule has 0 aromatic heterocycles. The maximum absolute atomic E-state index is 12.5. The third-order valence-electron chi connectivity index (χ3n) is 4.56. The van der Waals surface area contributed by atoms with Crippen LogP contribution in [0.2, 0.25) is 0 Å². The summed E-state index contributed by atoms with van der Waals surface area (Å²) in [6.45, 7) is 2.02. The lowest BCUT2D eigenvalue weighted by atomic mass is 10.1. The van der Waals surface area contributed by atoms with E-state index in [0.29, 0.717) is 11.1 Å². The van der Waals surface area contributed by atoms with Crippen molar-refractivity contribution in [3.63, 3.8) is 0 Å². The number of rotatable bonds is 6. The third kappa shape index (κ3) is 5.33. The molecule has 0 aliphatic rings. The van der Waals surface area contributed by atoms with E-state index in [4.69, 9.17) is 0 Å². The largest absolute Gasteiger partial charge is 0.269 e. The number of amides is 2. The van der Waals surface area contributed by atoms with Gasteiger partial charge in [-0.15, -0.1) is 0 Å². The van der Waals surface area contributed by atoms with Crippen molar-refractivity contribution in [2.45, 2.75) is 24.0 Å². The van der Waals surface area contributed by atoms with Gasteiger partial charge in [-0.05, 0) is 53.9 Å². The van der Waals surface area contributed by atoms with Crippen molar-refractivity contribution in [1.82, 2.24) is 10.9 Å². The number of benzene rings is 3. The minimum absolute atomic E-state index is 0.223. The molecule has 6 nitrogen and oxygen atoms in total. The molecule has 0 bridgehead atoms. The Balaban J connectivity index is 1.65. The quantitative estimate of drug-likeness (QED) is 0.596. The summed E-state index contributed by atoms with van der Waals surface area (Å²) < 4.78 is 25.1. The van der Waals surface area contributed by atoms with Crippen LogP contribution in [0.5, 0.6) is 0 Å². The Morgan fingerprint density at radius 2 is 1.37 bits per heavy atom. The smallest absolute Gasteiger partial charge is 0.267 e. The van der Waals surface area contributed by atoms with Crippen LogP contribution in [-0.4, -0.2) is 20.2 Å². The molecular weight excluding hydrogens is 400 g/mol. The Morgan fingerprint density at radius 3 is 2.00 bits per heavy atom. The first-order chi connectivity index (χ1) is 14.4. The van der Waals surface area contributed by atoms with Crippen molar-refractivity contribution >= 4 is 21.7 Å². The maximum atomic E-state index is 12.5. The molecule has 7 heteroatoms. The number of hydrogen-bond donors (Lipinski definition) is 2. The van der Waals surface area contributed by atoms with Crippen molar-refractivity contribution in [3.05, 3.63) is 101 Å². The van der Waals surface area contributed by atoms with Crippen LogP contribution in [0.4, 0.5) is 0 Å². The highest BCUT2D eigenvalue weighted by atomic mass is 32.2. The van der Waals surface area contributed by atoms with Gasteiger partial charge in [0.25, 0.3) is 11.8 Å². The van der Waals surface area contributed by atoms with E-state index < -0.39 is 21.7 Å². The van der Waals surface area contributed by atoms with Crippen LogP contribution in [0.3, 0.4) is 0 Å². The second kappa shape index (κ2) is 9.37. The fraction of sp³-hybridized carbons (Fsp3) is 0.130. The molecule has 0 radical (unpaired) electrons. The maximum Gasteiger partial charge on any atom is 0.269 e. The molecule has 0 aliphatic heterocycles. The van der Waals surface area contributed by atoms with E-state index in [-0.39, 0.29) is 16.2 Å². The molecule has 2 N–H and O–H groups in total. The molecule has 0 saturated heterocycles. The average molecular weight is 423 g/mol. The van der Waals surface area contributed by atoms with Crippen LogP contribution in [0.1, 0.15) is 38.8 Å². The Labute approximate surface area is 175 Å². The minimum Gasteiger partial charge on any atom is -0.267 e. The van der Waals surface area contributed by atoms with E-state index >= 15 is 0 Å². The lowest BCUT2D eigenvalue weighted by molar-refractivity contribution is 0.0846. The molecule has 0 spiro atoms. The van der Waals surface area contributed by atoms with E-state index in [1.807, 2.05) is 19.1 Å². The molecule has 2 amide bonds. The van der Waals surface area contributed by atoms with Gasteiger partial charge in [0.1, 0.15) is 0 Å². The predicted molar refractivity (Wildman–Crippen MR) is 115 cm³/mol. The summed E-state index contributed by atoms with van der Waals surface area (Å²) in [5.74, 6) is -1.20. The van der Waals surface area contributed by atoms with Gasteiger partial charge in [0.05, 0.1) is 10.6 Å². The van der Waals surface area contributed by atoms with E-state index in [1.165, 1.54) is 18.2 Å². The van der Waals surface area contributed by atoms with Crippen molar-refractivity contribution in [2.24, 2.45) is 0 Å². The fourth-order valence-electron chi connectivity index (χ4n) is 2.88. The monoisotopic (exact) mass is 422 g/mol. The van der Waals surface area contributed by atoms with Crippen LogP contribution in [0, 0.1) is 0 Å². The second-order valence-corrected chi connectivity index (χ2v) is 8.72. The third-order valence-corrected chi connectivity index (χ3v) is 6.27. The second-order valence-electron chi connectivity index (χ2n) is 6.73. The van der Waals surface area contributed by atoms with Crippen molar-refractivity contribution in [2.75, 3.05) is 0 Å². The Morgan fingerprint density at radius 1 is 0.733 bits per heavy atom. The van der Waals surface area contributed by atoms with E-state index in [1.54, 1.807) is 48.5 Å². The fourth-order valence-corrected chi connectivity index (χ4v) is 4.24. The Hall–Kier alpha value is -3.45. The molecule has 3 aromatic rings. The zero-order valence-corrected chi connectivity index (χ0v) is 17.3. The van der Waals surface area contributed by atoms with Crippen LogP contribution in [-0.2, 0) is 22.0 Å². The van der Waals surface area contributed by atoms with Crippen LogP contribution >= 0.6 is 0 Å². The summed E-state index contributed by atoms with van der Waals surface area (Å²) in [5.41, 5.74) is 6.99.